The van der Waals surface area contributed by atoms with Crippen molar-refractivity contribution in [1.82, 2.24) is 4.98 Å². The molecule has 0 saturated carbocycles. The smallest absolute Gasteiger partial charge is 0.257 e. The Bertz CT molecular complexity index is 656. The molecule has 1 aliphatic heterocycles. The minimum atomic E-state index is -0.586. The van der Waals surface area contributed by atoms with E-state index in [0.717, 1.165) is 24.0 Å². The van der Waals surface area contributed by atoms with Crippen molar-refractivity contribution < 1.29 is 5.11 Å². The van der Waals surface area contributed by atoms with E-state index in [9.17, 15) is 9.90 Å². The lowest BCUT2D eigenvalue weighted by atomic mass is 9.89. The molecule has 1 aromatic carbocycles. The van der Waals surface area contributed by atoms with Crippen molar-refractivity contribution in [3.8, 4) is 0 Å². The van der Waals surface area contributed by atoms with E-state index < -0.39 is 5.60 Å². The quantitative estimate of drug-likeness (QED) is 0.883. The van der Waals surface area contributed by atoms with Crippen LogP contribution in [0.15, 0.2) is 35.1 Å². The van der Waals surface area contributed by atoms with Gasteiger partial charge in [-0.15, -0.1) is 0 Å². The average Bonchev–Trinajstić information content (AvgIpc) is 2.36. The number of H-pyrrole nitrogens is 1. The number of aliphatic hydroxyl groups is 1. The Morgan fingerprint density at radius 1 is 1.37 bits per heavy atom. The topological polar surface area (TPSA) is 56.3 Å². The summed E-state index contributed by atoms with van der Waals surface area (Å²) in [6, 6.07) is 9.52. The minimum Gasteiger partial charge on any atom is -0.386 e. The molecule has 3 rings (SSSR count). The lowest BCUT2D eigenvalue weighted by molar-refractivity contribution is 0.00294. The fourth-order valence-electron chi connectivity index (χ4n) is 2.83. The van der Waals surface area contributed by atoms with Crippen molar-refractivity contribution >= 4 is 16.6 Å². The van der Waals surface area contributed by atoms with Crippen LogP contribution in [0, 0.1) is 0 Å². The van der Waals surface area contributed by atoms with E-state index in [1.54, 1.807) is 0 Å². The molecule has 1 fully saturated rings. The molecule has 0 atom stereocenters. The molecule has 0 aliphatic carbocycles. The van der Waals surface area contributed by atoms with Gasteiger partial charge in [0.15, 0.2) is 0 Å². The highest BCUT2D eigenvalue weighted by molar-refractivity contribution is 5.83. The Hall–Kier alpha value is -1.81. The largest absolute Gasteiger partial charge is 0.386 e. The summed E-state index contributed by atoms with van der Waals surface area (Å²) >= 11 is 0. The third-order valence-electron chi connectivity index (χ3n) is 3.77. The lowest BCUT2D eigenvalue weighted by Gasteiger charge is -2.47. The first-order valence-electron chi connectivity index (χ1n) is 6.71. The van der Waals surface area contributed by atoms with Crippen molar-refractivity contribution in [3.63, 3.8) is 0 Å². The molecular formula is C15H18N2O2. The minimum absolute atomic E-state index is 0.0703. The number of rotatable bonds is 3. The zero-order valence-corrected chi connectivity index (χ0v) is 11.0. The number of hydrogen-bond donors (Lipinski definition) is 2. The summed E-state index contributed by atoms with van der Waals surface area (Å²) in [5.41, 5.74) is -0.656. The van der Waals surface area contributed by atoms with Crippen LogP contribution in [0.25, 0.3) is 10.8 Å². The van der Waals surface area contributed by atoms with Gasteiger partial charge in [0.05, 0.1) is 5.60 Å². The van der Waals surface area contributed by atoms with Crippen LogP contribution in [0.2, 0.25) is 0 Å². The van der Waals surface area contributed by atoms with Crippen molar-refractivity contribution in [1.29, 1.82) is 0 Å². The van der Waals surface area contributed by atoms with Gasteiger partial charge in [-0.3, -0.25) is 4.79 Å². The molecule has 100 valence electrons. The summed E-state index contributed by atoms with van der Waals surface area (Å²) in [6.07, 6.45) is 1.78. The number of hydrogen-bond acceptors (Lipinski definition) is 3. The third-order valence-corrected chi connectivity index (χ3v) is 3.77. The first-order valence-corrected chi connectivity index (χ1v) is 6.71. The van der Waals surface area contributed by atoms with Crippen LogP contribution < -0.4 is 10.5 Å². The molecule has 0 amide bonds. The van der Waals surface area contributed by atoms with Gasteiger partial charge in [-0.2, -0.15) is 0 Å². The molecule has 1 aromatic heterocycles. The first kappa shape index (κ1) is 12.2. The normalized spacial score (nSPS) is 17.5. The first-order chi connectivity index (χ1) is 9.11. The number of β-amino-alcohol motifs (C(OH)–C–C–N with tert-alkyl or cyclic N) is 1. The predicted molar refractivity (Wildman–Crippen MR) is 76.6 cm³/mol. The molecule has 1 saturated heterocycles. The van der Waals surface area contributed by atoms with Gasteiger partial charge >= 0.3 is 0 Å². The van der Waals surface area contributed by atoms with Crippen LogP contribution in [-0.2, 0) is 0 Å². The van der Waals surface area contributed by atoms with Gasteiger partial charge in [0.1, 0.15) is 5.82 Å². The molecule has 2 aromatic rings. The third kappa shape index (κ3) is 2.12. The number of fused-ring (bicyclic) bond motifs is 1. The molecule has 2 heterocycles. The van der Waals surface area contributed by atoms with Gasteiger partial charge in [-0.05, 0) is 23.9 Å². The van der Waals surface area contributed by atoms with Crippen LogP contribution in [-0.4, -0.2) is 28.8 Å². The number of benzene rings is 1. The van der Waals surface area contributed by atoms with E-state index in [1.807, 2.05) is 35.2 Å². The van der Waals surface area contributed by atoms with Gasteiger partial charge in [-0.1, -0.05) is 31.5 Å². The van der Waals surface area contributed by atoms with Gasteiger partial charge in [0, 0.05) is 18.5 Å². The maximum absolute atomic E-state index is 12.0. The number of aromatic amines is 1. The van der Waals surface area contributed by atoms with E-state index in [0.29, 0.717) is 18.5 Å². The van der Waals surface area contributed by atoms with Crippen LogP contribution in [0.4, 0.5) is 5.82 Å². The standard InChI is InChI=1S/C15H18N2O2/c1-2-7-15(19)9-17(10-15)13-8-11-5-3-4-6-12(11)14(18)16-13/h3-6,8,19H,2,7,9-10H2,1H3,(H,16,18). The lowest BCUT2D eigenvalue weighted by Crippen LogP contribution is -2.62. The molecule has 0 unspecified atom stereocenters. The molecule has 0 bridgehead atoms. The Labute approximate surface area is 111 Å². The molecular weight excluding hydrogens is 240 g/mol. The number of anilines is 1. The monoisotopic (exact) mass is 258 g/mol. The van der Waals surface area contributed by atoms with Crippen molar-refractivity contribution in [2.24, 2.45) is 0 Å². The highest BCUT2D eigenvalue weighted by Gasteiger charge is 2.40. The van der Waals surface area contributed by atoms with Gasteiger partial charge in [0.25, 0.3) is 5.56 Å². The van der Waals surface area contributed by atoms with Crippen LogP contribution in [0.1, 0.15) is 19.8 Å². The van der Waals surface area contributed by atoms with Gasteiger partial charge in [-0.25, -0.2) is 0 Å². The van der Waals surface area contributed by atoms with Crippen LogP contribution in [0.5, 0.6) is 0 Å². The van der Waals surface area contributed by atoms with E-state index in [2.05, 4.69) is 11.9 Å². The highest BCUT2D eigenvalue weighted by atomic mass is 16.3. The number of nitrogens with zero attached hydrogens (tertiary/aromatic N) is 1. The summed E-state index contributed by atoms with van der Waals surface area (Å²) in [7, 11) is 0. The van der Waals surface area contributed by atoms with E-state index in [4.69, 9.17) is 0 Å². The molecule has 4 nitrogen and oxygen atoms in total. The Morgan fingerprint density at radius 2 is 2.11 bits per heavy atom. The summed E-state index contributed by atoms with van der Waals surface area (Å²) < 4.78 is 0. The highest BCUT2D eigenvalue weighted by Crippen LogP contribution is 2.30. The fraction of sp³-hybridized carbons (Fsp3) is 0.400. The second-order valence-electron chi connectivity index (χ2n) is 5.40. The van der Waals surface area contributed by atoms with Gasteiger partial charge < -0.3 is 15.0 Å². The zero-order chi connectivity index (χ0) is 13.5. The molecule has 19 heavy (non-hydrogen) atoms. The van der Waals surface area contributed by atoms with E-state index in [1.165, 1.54) is 0 Å². The molecule has 4 heteroatoms. The summed E-state index contributed by atoms with van der Waals surface area (Å²) in [5.74, 6) is 0.796. The predicted octanol–water partition coefficient (Wildman–Crippen LogP) is 1.88. The zero-order valence-electron chi connectivity index (χ0n) is 11.0. The Balaban J connectivity index is 1.90. The average molecular weight is 258 g/mol. The Morgan fingerprint density at radius 3 is 2.84 bits per heavy atom. The summed E-state index contributed by atoms with van der Waals surface area (Å²) in [5, 5.41) is 11.8. The number of pyridine rings is 1. The molecule has 0 radical (unpaired) electrons. The number of aromatic nitrogens is 1. The van der Waals surface area contributed by atoms with Crippen LogP contribution in [0.3, 0.4) is 0 Å². The maximum atomic E-state index is 12.0. The SMILES string of the molecule is CCCC1(O)CN(c2cc3ccccc3c(=O)[nH]2)C1. The summed E-state index contributed by atoms with van der Waals surface area (Å²) in [6.45, 7) is 3.25. The summed E-state index contributed by atoms with van der Waals surface area (Å²) in [4.78, 5) is 16.9. The fourth-order valence-corrected chi connectivity index (χ4v) is 2.83. The molecule has 0 spiro atoms. The second-order valence-corrected chi connectivity index (χ2v) is 5.40. The molecule has 2 N–H and O–H groups in total. The van der Waals surface area contributed by atoms with Gasteiger partial charge in [0.2, 0.25) is 0 Å². The van der Waals surface area contributed by atoms with Crippen molar-refractivity contribution in [2.45, 2.75) is 25.4 Å². The van der Waals surface area contributed by atoms with E-state index in [-0.39, 0.29) is 5.56 Å². The van der Waals surface area contributed by atoms with E-state index >= 15 is 0 Å². The van der Waals surface area contributed by atoms with Crippen molar-refractivity contribution in [3.05, 3.63) is 40.7 Å². The molecule has 1 aliphatic rings. The maximum Gasteiger partial charge on any atom is 0.257 e. The van der Waals surface area contributed by atoms with Crippen molar-refractivity contribution in [2.75, 3.05) is 18.0 Å². The Kier molecular flexibility index (Phi) is 2.82. The number of nitrogens with one attached hydrogen (secondary N) is 1. The van der Waals surface area contributed by atoms with Crippen LogP contribution >= 0.6 is 0 Å². The second kappa shape index (κ2) is 4.38.